The van der Waals surface area contributed by atoms with Crippen LogP contribution in [0.4, 0.5) is 4.70 Å². The zero-order chi connectivity index (χ0) is 73.9. The molecule has 0 aliphatic rings. The van der Waals surface area contributed by atoms with Gasteiger partial charge in [0.1, 0.15) is 5.75 Å². The van der Waals surface area contributed by atoms with Gasteiger partial charge in [-0.1, -0.05) is 276 Å². The summed E-state index contributed by atoms with van der Waals surface area (Å²) in [6, 6.07) is 63.0. The summed E-state index contributed by atoms with van der Waals surface area (Å²) in [4.78, 5) is 10.9. The Morgan fingerprint density at radius 3 is 0.931 bits per heavy atom. The number of carboxylic acids is 1. The average molecular weight is 1630 g/mol. The summed E-state index contributed by atoms with van der Waals surface area (Å²) in [5, 5.41) is 35.8. The van der Waals surface area contributed by atoms with Gasteiger partial charge in [0.25, 0.3) is 0 Å². The fourth-order valence-electron chi connectivity index (χ4n) is 10.7. The molecule has 6 nitrogen and oxygen atoms in total. The van der Waals surface area contributed by atoms with Gasteiger partial charge in [0.15, 0.2) is 0 Å². The number of alkyl halides is 1. The van der Waals surface area contributed by atoms with Gasteiger partial charge in [-0.2, -0.15) is 0 Å². The van der Waals surface area contributed by atoms with Gasteiger partial charge >= 0.3 is 42.6 Å². The Bertz CT molecular complexity index is 3690. The number of aliphatic carboxylic acids is 1. The van der Waals surface area contributed by atoms with E-state index in [1.54, 1.807) is 25.1 Å². The summed E-state index contributed by atoms with van der Waals surface area (Å²) in [6.45, 7) is 49.4. The number of benzene rings is 9. The van der Waals surface area contributed by atoms with E-state index in [1.165, 1.54) is 121 Å². The molecule has 0 spiro atoms. The second-order valence-corrected chi connectivity index (χ2v) is 30.9. The molecule has 0 radical (unpaired) electrons. The Kier molecular flexibility index (Phi) is 52.7. The van der Waals surface area contributed by atoms with Crippen LogP contribution >= 0.6 is 45.2 Å². The van der Waals surface area contributed by atoms with Gasteiger partial charge in [0, 0.05) is 9.42 Å². The summed E-state index contributed by atoms with van der Waals surface area (Å²) in [6.07, 6.45) is 5.21. The van der Waals surface area contributed by atoms with Crippen molar-refractivity contribution in [2.45, 2.75) is 199 Å². The van der Waals surface area contributed by atoms with Gasteiger partial charge in [-0.05, 0) is 302 Å². The van der Waals surface area contributed by atoms with E-state index < -0.39 is 13.1 Å². The van der Waals surface area contributed by atoms with Gasteiger partial charge in [-0.3, -0.25) is 9.50 Å². The van der Waals surface area contributed by atoms with Crippen LogP contribution in [0.1, 0.15) is 180 Å². The van der Waals surface area contributed by atoms with Crippen LogP contribution in [0.15, 0.2) is 182 Å². The third-order valence-electron chi connectivity index (χ3n) is 16.6. The van der Waals surface area contributed by atoms with Gasteiger partial charge in [-0.25, -0.2) is 0 Å². The number of halogens is 3. The van der Waals surface area contributed by atoms with Crippen molar-refractivity contribution < 1.29 is 66.2 Å². The topological polar surface area (TPSA) is 128 Å². The summed E-state index contributed by atoms with van der Waals surface area (Å²) in [7, 11) is -1.35. The monoisotopic (exact) mass is 1630 g/mol. The third-order valence-corrected chi connectivity index (χ3v) is 19.1. The van der Waals surface area contributed by atoms with Gasteiger partial charge in [0.2, 0.25) is 0 Å². The van der Waals surface area contributed by atoms with E-state index >= 15 is 0 Å². The Balaban J connectivity index is -0.000000553. The number of phenols is 1. The van der Waals surface area contributed by atoms with Crippen LogP contribution < -0.4 is 35.0 Å². The Labute approximate surface area is 670 Å². The quantitative estimate of drug-likeness (QED) is 0.0460. The van der Waals surface area contributed by atoms with E-state index in [1.807, 2.05) is 50.2 Å². The minimum absolute atomic E-state index is 0. The Morgan fingerprint density at radius 2 is 0.657 bits per heavy atom. The second kappa shape index (κ2) is 53.4. The second-order valence-electron chi connectivity index (χ2n) is 28.7. The molecule has 0 aliphatic heterocycles. The number of phenolic OH excluding ortho intramolecular Hbond substituents is 1. The molecule has 0 fully saturated rings. The molecule has 0 amide bonds. The predicted octanol–water partition coefficient (Wildman–Crippen LogP) is 21.8. The first-order valence-electron chi connectivity index (χ1n) is 35.2. The summed E-state index contributed by atoms with van der Waals surface area (Å²) in [5.41, 5.74) is 27.9. The number of rotatable bonds is 15. The number of aromatic hydroxyl groups is 1. The number of hydrogen-bond donors (Lipinski definition) is 4. The first-order valence-corrected chi connectivity index (χ1v) is 37.8. The average Bonchev–Trinajstić information content (AvgIpc) is 0.826. The standard InChI is InChI=1S/C18H20O2.C18H22.2C12H18.C11H16O.C8H9I.C7H9BO2.C4H9I.CH4.FH.Na.H2O.H2/c1-12-6-4-5-7-16(12)17-9-8-15(10-13(17)2)11-14(3)18(19)20;1-13(2)11-16-9-10-18(15(4)12-16)17-8-6-5-7-14(17)3;2*1-9(2)7-12-6-5-10(3)11(4)8-12;1-8(2)6-10-4-5-11(12)9(3)7-10;1-6-3-4-8(9)5-7(6)2;1-6-4-2-3-5-7(6)8(9)10;1-4(2)3-5;;;;;/h4-10,14H,11H2,1-3H3,(H,19,20);5-10,12-13H,11H2,1-4H3;2*5-6,8-9H,7H2,1-4H3;4-5,7-8,12H,6H2,1-3H3;3-5H,1-2H3;2-5,9-10H,1H3;4H,3H2,1-2H3;1H4;1H;;1H2;1H/q;;;;;;;;;;+1;;/p-1/t14-;;;;;;;;;;;;/m0............/s1/i;;;;;;;;;;;;1+2. The van der Waals surface area contributed by atoms with Crippen LogP contribution in [0, 0.1) is 122 Å². The van der Waals surface area contributed by atoms with Crippen molar-refractivity contribution in [2.24, 2.45) is 35.5 Å². The largest absolute Gasteiger partial charge is 1.00 e. The number of aryl methyl sites for hydroxylation is 12. The van der Waals surface area contributed by atoms with Crippen molar-refractivity contribution in [1.82, 2.24) is 0 Å². The smallest absolute Gasteiger partial charge is 0.870 e. The molecule has 9 aromatic rings. The molecule has 0 unspecified atom stereocenters. The summed E-state index contributed by atoms with van der Waals surface area (Å²) in [5.74, 6) is 3.07. The molecule has 5 N–H and O–H groups in total. The Hall–Kier alpha value is -5.42. The van der Waals surface area contributed by atoms with Gasteiger partial charge < -0.3 is 25.7 Å². The minimum Gasteiger partial charge on any atom is -0.870 e. The Morgan fingerprint density at radius 1 is 0.373 bits per heavy atom. The fraction of sp³-hybridized carbons (Fsp3) is 0.396. The maximum absolute atomic E-state index is 10.9. The van der Waals surface area contributed by atoms with Crippen molar-refractivity contribution in [3.8, 4) is 28.0 Å². The molecule has 0 heterocycles. The molecule has 11 heteroatoms. The molecule has 9 aromatic carbocycles. The van der Waals surface area contributed by atoms with Crippen LogP contribution in [-0.2, 0) is 36.9 Å². The molecular formula is C91H129BFI2NaO6. The minimum atomic E-state index is -1.35. The molecule has 554 valence electrons. The van der Waals surface area contributed by atoms with Crippen molar-refractivity contribution in [1.29, 1.82) is 0 Å². The third kappa shape index (κ3) is 40.2. The van der Waals surface area contributed by atoms with Gasteiger partial charge in [-0.15, -0.1) is 0 Å². The normalized spacial score (nSPS) is 10.4. The first kappa shape index (κ1) is 101. The molecule has 0 aromatic heterocycles. The fourth-order valence-corrected chi connectivity index (χ4v) is 11.3. The van der Waals surface area contributed by atoms with Crippen LogP contribution in [0.2, 0.25) is 0 Å². The molecule has 0 saturated heterocycles. The van der Waals surface area contributed by atoms with E-state index in [2.05, 4.69) is 311 Å². The maximum atomic E-state index is 10.9. The summed E-state index contributed by atoms with van der Waals surface area (Å²) < 4.78 is 2.59. The predicted molar refractivity (Wildman–Crippen MR) is 459 cm³/mol. The number of carbonyl (C=O) groups is 1. The number of hydrogen-bond acceptors (Lipinski definition) is 5. The van der Waals surface area contributed by atoms with Crippen molar-refractivity contribution >= 4 is 63.7 Å². The number of carboxylic acid groups (broad SMARTS) is 1. The van der Waals surface area contributed by atoms with Crippen molar-refractivity contribution in [3.05, 3.63) is 280 Å². The van der Waals surface area contributed by atoms with Crippen LogP contribution in [0.5, 0.6) is 5.75 Å². The molecule has 0 saturated carbocycles. The maximum Gasteiger partial charge on any atom is 1.00 e. The summed E-state index contributed by atoms with van der Waals surface area (Å²) >= 11 is 4.70. The van der Waals surface area contributed by atoms with Crippen molar-refractivity contribution in [3.63, 3.8) is 0 Å². The first-order chi connectivity index (χ1) is 46.0. The molecule has 1 atom stereocenters. The van der Waals surface area contributed by atoms with Crippen molar-refractivity contribution in [2.75, 3.05) is 4.43 Å². The molecule has 9 rings (SSSR count). The van der Waals surface area contributed by atoms with Crippen LogP contribution in [0.3, 0.4) is 0 Å². The molecular weight excluding hydrogens is 1500 g/mol. The zero-order valence-electron chi connectivity index (χ0n) is 65.9. The van der Waals surface area contributed by atoms with E-state index in [0.717, 1.165) is 47.3 Å². The van der Waals surface area contributed by atoms with Crippen LogP contribution in [0.25, 0.3) is 22.3 Å². The van der Waals surface area contributed by atoms with E-state index in [0.29, 0.717) is 29.5 Å². The zero-order valence-corrected chi connectivity index (χ0v) is 72.2. The SMILES string of the molecule is C.CC(C)CI.Cc1cc(CC(C)C)ccc1O.Cc1ccc(CC(C)C)cc1C.Cc1ccc(CC(C)C)cc1C.Cc1ccc(I)cc1C.Cc1ccccc1-c1ccc(CC(C)C)cc1C.Cc1ccccc1-c1ccc(C[C@H](C)C(=O)O)cc1C.Cc1ccccc1B(O)O.F.[3HH].[Na+].[OH-]. The van der Waals surface area contributed by atoms with Gasteiger partial charge in [0.05, 0.1) is 5.92 Å². The van der Waals surface area contributed by atoms with E-state index in [-0.39, 0.29) is 54.5 Å². The van der Waals surface area contributed by atoms with Crippen LogP contribution in [-0.4, -0.2) is 43.3 Å². The molecule has 0 aliphatic carbocycles. The van der Waals surface area contributed by atoms with E-state index in [9.17, 15) is 9.90 Å². The molecule has 0 bridgehead atoms. The molecule has 102 heavy (non-hydrogen) atoms. The van der Waals surface area contributed by atoms with E-state index in [4.69, 9.17) is 15.2 Å².